The Labute approximate surface area is 235 Å². The summed E-state index contributed by atoms with van der Waals surface area (Å²) in [6, 6.07) is 4.08. The number of hydrogen-bond donors (Lipinski definition) is 6. The molecule has 2 aliphatic heterocycles. The molecule has 2 heterocycles. The van der Waals surface area contributed by atoms with Crippen molar-refractivity contribution in [1.29, 1.82) is 0 Å². The number of phenols is 2. The Bertz CT molecular complexity index is 1120. The van der Waals surface area contributed by atoms with Crippen molar-refractivity contribution in [3.05, 3.63) is 47.2 Å². The van der Waals surface area contributed by atoms with Crippen molar-refractivity contribution < 1.29 is 68.6 Å². The summed E-state index contributed by atoms with van der Waals surface area (Å²) < 4.78 is 32.6. The van der Waals surface area contributed by atoms with Gasteiger partial charge in [-0.05, 0) is 31.5 Å². The van der Waals surface area contributed by atoms with Crippen LogP contribution in [0.4, 0.5) is 0 Å². The summed E-state index contributed by atoms with van der Waals surface area (Å²) in [5.41, 5.74) is 0.709. The topological polar surface area (TPSA) is 211 Å². The molecular weight excluding hydrogens is 548 g/mol. The maximum absolute atomic E-state index is 13.0. The number of ether oxygens (including phenoxy) is 6. The van der Waals surface area contributed by atoms with Crippen molar-refractivity contribution in [2.24, 2.45) is 5.92 Å². The zero-order valence-corrected chi connectivity index (χ0v) is 22.8. The molecule has 0 radical (unpaired) electrons. The number of rotatable bonds is 11. The van der Waals surface area contributed by atoms with E-state index in [4.69, 9.17) is 28.4 Å². The summed E-state index contributed by atoms with van der Waals surface area (Å²) in [4.78, 5) is 25.5. The lowest BCUT2D eigenvalue weighted by molar-refractivity contribution is -0.327. The van der Waals surface area contributed by atoms with Gasteiger partial charge in [-0.2, -0.15) is 0 Å². The van der Waals surface area contributed by atoms with Gasteiger partial charge in [0.2, 0.25) is 6.29 Å². The molecule has 0 aliphatic carbocycles. The summed E-state index contributed by atoms with van der Waals surface area (Å²) in [5.74, 6) is -3.14. The lowest BCUT2D eigenvalue weighted by Gasteiger charge is -2.41. The van der Waals surface area contributed by atoms with Crippen molar-refractivity contribution in [3.63, 3.8) is 0 Å². The fourth-order valence-corrected chi connectivity index (χ4v) is 4.50. The third kappa shape index (κ3) is 7.54. The second-order valence-electron chi connectivity index (χ2n) is 9.29. The highest BCUT2D eigenvalue weighted by molar-refractivity contribution is 5.90. The molecule has 1 saturated heterocycles. The molecule has 228 valence electrons. The Morgan fingerprint density at radius 2 is 1.83 bits per heavy atom. The quantitative estimate of drug-likeness (QED) is 0.114. The Kier molecular flexibility index (Phi) is 11.5. The van der Waals surface area contributed by atoms with Gasteiger partial charge in [-0.15, -0.1) is 0 Å². The molecule has 14 heteroatoms. The molecule has 14 nitrogen and oxygen atoms in total. The van der Waals surface area contributed by atoms with Gasteiger partial charge in [0, 0.05) is 18.1 Å². The average molecular weight is 585 g/mol. The van der Waals surface area contributed by atoms with Gasteiger partial charge in [-0.3, -0.25) is 4.79 Å². The zero-order valence-electron chi connectivity index (χ0n) is 22.8. The van der Waals surface area contributed by atoms with Gasteiger partial charge in [0.1, 0.15) is 37.1 Å². The highest BCUT2D eigenvalue weighted by Gasteiger charge is 2.47. The van der Waals surface area contributed by atoms with Crippen LogP contribution in [0.15, 0.2) is 41.7 Å². The third-order valence-electron chi connectivity index (χ3n) is 6.73. The summed E-state index contributed by atoms with van der Waals surface area (Å²) in [6.45, 7) is 2.69. The van der Waals surface area contributed by atoms with Gasteiger partial charge in [-0.1, -0.05) is 12.1 Å². The van der Waals surface area contributed by atoms with Crippen LogP contribution in [0.25, 0.3) is 0 Å². The van der Waals surface area contributed by atoms with Gasteiger partial charge in [0.05, 0.1) is 32.0 Å². The van der Waals surface area contributed by atoms with E-state index in [2.05, 4.69) is 0 Å². The van der Waals surface area contributed by atoms with E-state index in [1.165, 1.54) is 24.3 Å². The third-order valence-corrected chi connectivity index (χ3v) is 6.73. The average Bonchev–Trinajstić information content (AvgIpc) is 2.96. The first-order valence-corrected chi connectivity index (χ1v) is 12.9. The maximum atomic E-state index is 13.0. The first-order chi connectivity index (χ1) is 19.6. The predicted molar refractivity (Wildman–Crippen MR) is 137 cm³/mol. The number of methoxy groups -OCH3 is 1. The second-order valence-corrected chi connectivity index (χ2v) is 9.29. The van der Waals surface area contributed by atoms with Crippen LogP contribution >= 0.6 is 0 Å². The van der Waals surface area contributed by atoms with Crippen LogP contribution in [-0.4, -0.2) is 107 Å². The van der Waals surface area contributed by atoms with Gasteiger partial charge < -0.3 is 59.1 Å². The SMILES string of the molecule is CC=C1[C@H](O[C@H]2O[C@H](CO)[C@@H](O)[C@H](O)[C@H]2O)OC=C(C(=O)OC)[C@@H]1CC(=O)OC[C@@H](OCC)c1ccc(O)c(O)c1. The summed E-state index contributed by atoms with van der Waals surface area (Å²) >= 11 is 0. The minimum atomic E-state index is -1.71. The first-order valence-electron chi connectivity index (χ1n) is 12.9. The van der Waals surface area contributed by atoms with Crippen LogP contribution in [0.3, 0.4) is 0 Å². The van der Waals surface area contributed by atoms with E-state index in [0.717, 1.165) is 13.4 Å². The van der Waals surface area contributed by atoms with Crippen LogP contribution in [0.2, 0.25) is 0 Å². The van der Waals surface area contributed by atoms with Crippen molar-refractivity contribution in [2.45, 2.75) is 63.4 Å². The Morgan fingerprint density at radius 1 is 1.10 bits per heavy atom. The van der Waals surface area contributed by atoms with Crippen LogP contribution in [0.5, 0.6) is 11.5 Å². The zero-order chi connectivity index (χ0) is 30.3. The van der Waals surface area contributed by atoms with E-state index in [9.17, 15) is 40.2 Å². The van der Waals surface area contributed by atoms with E-state index < -0.39 is 67.6 Å². The monoisotopic (exact) mass is 584 g/mol. The summed E-state index contributed by atoms with van der Waals surface area (Å²) in [6.07, 6.45) is -7.60. The number of aliphatic hydroxyl groups excluding tert-OH is 4. The molecule has 0 spiro atoms. The molecule has 41 heavy (non-hydrogen) atoms. The van der Waals surface area contributed by atoms with Crippen LogP contribution in [-0.2, 0) is 38.0 Å². The number of carbonyl (C=O) groups excluding carboxylic acids is 2. The molecular formula is C27H36O14. The molecule has 8 atom stereocenters. The molecule has 0 unspecified atom stereocenters. The molecule has 1 aromatic carbocycles. The number of phenolic OH excluding ortho intramolecular Hbond substituents is 2. The van der Waals surface area contributed by atoms with Crippen molar-refractivity contribution in [3.8, 4) is 11.5 Å². The Balaban J connectivity index is 1.76. The molecule has 6 N–H and O–H groups in total. The largest absolute Gasteiger partial charge is 0.504 e. The van der Waals surface area contributed by atoms with Crippen LogP contribution in [0, 0.1) is 5.92 Å². The molecule has 2 aliphatic rings. The maximum Gasteiger partial charge on any atom is 0.337 e. The van der Waals surface area contributed by atoms with Gasteiger partial charge in [-0.25, -0.2) is 4.79 Å². The normalized spacial score (nSPS) is 29.8. The fourth-order valence-electron chi connectivity index (χ4n) is 4.50. The molecule has 0 amide bonds. The molecule has 0 saturated carbocycles. The van der Waals surface area contributed by atoms with Crippen LogP contribution in [0.1, 0.15) is 31.9 Å². The van der Waals surface area contributed by atoms with Gasteiger partial charge >= 0.3 is 11.9 Å². The smallest absolute Gasteiger partial charge is 0.337 e. The van der Waals surface area contributed by atoms with Gasteiger partial charge in [0.25, 0.3) is 0 Å². The second kappa shape index (κ2) is 14.6. The highest BCUT2D eigenvalue weighted by Crippen LogP contribution is 2.36. The number of esters is 2. The minimum absolute atomic E-state index is 0.0176. The molecule has 0 aromatic heterocycles. The standard InChI is InChI=1S/C27H36O14/c1-4-14-15(9-21(31)38-12-20(37-5-2)13-6-7-17(29)18(30)8-13)16(25(35)36-3)11-39-26(14)41-27-24(34)23(33)22(32)19(10-28)40-27/h4,6-8,11,15,19-20,22-24,26-30,32-34H,5,9-10,12H2,1-3H3/t15-,19-,20-,22-,23+,24-,26+,27-/m1/s1. The fraction of sp³-hybridized carbons (Fsp3) is 0.556. The van der Waals surface area contributed by atoms with Crippen molar-refractivity contribution in [1.82, 2.24) is 0 Å². The number of allylic oxidation sites excluding steroid dienone is 1. The number of hydrogen-bond acceptors (Lipinski definition) is 14. The van der Waals surface area contributed by atoms with Gasteiger partial charge in [0.15, 0.2) is 17.8 Å². The molecule has 3 rings (SSSR count). The lowest BCUT2D eigenvalue weighted by atomic mass is 9.86. The van der Waals surface area contributed by atoms with E-state index in [1.54, 1.807) is 13.8 Å². The van der Waals surface area contributed by atoms with E-state index in [0.29, 0.717) is 5.56 Å². The number of benzene rings is 1. The predicted octanol–water partition coefficient (Wildman–Crippen LogP) is -0.0991. The highest BCUT2D eigenvalue weighted by atomic mass is 16.8. The minimum Gasteiger partial charge on any atom is -0.504 e. The van der Waals surface area contributed by atoms with Crippen molar-refractivity contribution >= 4 is 11.9 Å². The molecule has 0 bridgehead atoms. The molecule has 1 aromatic rings. The van der Waals surface area contributed by atoms with E-state index >= 15 is 0 Å². The van der Waals surface area contributed by atoms with Crippen LogP contribution < -0.4 is 0 Å². The molecule has 1 fully saturated rings. The Hall–Kier alpha value is -3.24. The summed E-state index contributed by atoms with van der Waals surface area (Å²) in [5, 5.41) is 59.4. The summed E-state index contributed by atoms with van der Waals surface area (Å²) in [7, 11) is 1.16. The van der Waals surface area contributed by atoms with E-state index in [1.807, 2.05) is 0 Å². The number of aliphatic hydroxyl groups is 4. The number of aromatic hydroxyl groups is 2. The number of carbonyl (C=O) groups is 2. The van der Waals surface area contributed by atoms with E-state index in [-0.39, 0.29) is 42.3 Å². The van der Waals surface area contributed by atoms with Crippen molar-refractivity contribution in [2.75, 3.05) is 26.9 Å². The Morgan fingerprint density at radius 3 is 2.44 bits per heavy atom. The first kappa shape index (κ1) is 32.3. The lowest BCUT2D eigenvalue weighted by Crippen LogP contribution is -2.60.